The average Bonchev–Trinajstić information content (AvgIpc) is 2.84. The van der Waals surface area contributed by atoms with E-state index >= 15 is 0 Å². The summed E-state index contributed by atoms with van der Waals surface area (Å²) in [5.74, 6) is -1.40. The molecule has 0 amide bonds. The van der Waals surface area contributed by atoms with Crippen molar-refractivity contribution in [3.05, 3.63) is 94.8 Å². The minimum atomic E-state index is -4.17. The fourth-order valence-corrected chi connectivity index (χ4v) is 5.43. The maximum atomic E-state index is 13.2. The van der Waals surface area contributed by atoms with Crippen molar-refractivity contribution in [3.63, 3.8) is 0 Å². The molecule has 0 bridgehead atoms. The Balaban J connectivity index is 1.43. The van der Waals surface area contributed by atoms with Crippen LogP contribution in [-0.2, 0) is 26.2 Å². The van der Waals surface area contributed by atoms with E-state index in [2.05, 4.69) is 4.72 Å². The van der Waals surface area contributed by atoms with Crippen LogP contribution < -0.4 is 9.46 Å². The molecular formula is C25H23ClFNO6S. The zero-order valence-electron chi connectivity index (χ0n) is 18.5. The molecule has 1 saturated heterocycles. The van der Waals surface area contributed by atoms with Crippen molar-refractivity contribution in [2.45, 2.75) is 36.0 Å². The molecule has 1 aliphatic rings. The summed E-state index contributed by atoms with van der Waals surface area (Å²) in [5.41, 5.74) is -0.300. The molecule has 184 valence electrons. The van der Waals surface area contributed by atoms with Gasteiger partial charge in [-0.3, -0.25) is 4.79 Å². The number of benzene rings is 3. The molecule has 3 aromatic rings. The molecule has 0 spiro atoms. The molecule has 2 N–H and O–H groups in total. The summed E-state index contributed by atoms with van der Waals surface area (Å²) in [6.45, 7) is -0.244. The normalized spacial score (nSPS) is 20.3. The van der Waals surface area contributed by atoms with E-state index in [1.54, 1.807) is 0 Å². The molecule has 35 heavy (non-hydrogen) atoms. The van der Waals surface area contributed by atoms with Crippen molar-refractivity contribution in [2.24, 2.45) is 0 Å². The number of carboxylic acids is 1. The molecule has 2 unspecified atom stereocenters. The lowest BCUT2D eigenvalue weighted by molar-refractivity contribution is -0.152. The Morgan fingerprint density at radius 1 is 1.14 bits per heavy atom. The zero-order valence-corrected chi connectivity index (χ0v) is 20.1. The van der Waals surface area contributed by atoms with E-state index in [0.29, 0.717) is 17.7 Å². The maximum absolute atomic E-state index is 13.2. The van der Waals surface area contributed by atoms with Crippen molar-refractivity contribution in [1.82, 2.24) is 4.72 Å². The number of halogens is 2. The molecule has 7 nitrogen and oxygen atoms in total. The Kier molecular flexibility index (Phi) is 7.42. The van der Waals surface area contributed by atoms with E-state index in [1.165, 1.54) is 42.5 Å². The van der Waals surface area contributed by atoms with Gasteiger partial charge in [0.05, 0.1) is 22.6 Å². The van der Waals surface area contributed by atoms with E-state index in [1.807, 2.05) is 30.3 Å². The average molecular weight is 520 g/mol. The molecule has 1 fully saturated rings. The fraction of sp³-hybridized carbons (Fsp3) is 0.240. The quantitative estimate of drug-likeness (QED) is 0.447. The van der Waals surface area contributed by atoms with Crippen LogP contribution in [0.15, 0.2) is 77.7 Å². The van der Waals surface area contributed by atoms with Gasteiger partial charge in [0.25, 0.3) is 0 Å². The zero-order chi connectivity index (χ0) is 25.1. The lowest BCUT2D eigenvalue weighted by atomic mass is 9.89. The lowest BCUT2D eigenvalue weighted by Gasteiger charge is -2.37. The first-order chi connectivity index (χ1) is 16.7. The summed E-state index contributed by atoms with van der Waals surface area (Å²) in [7, 11) is -4.17. The molecule has 10 heteroatoms. The second-order valence-electron chi connectivity index (χ2n) is 8.24. The summed E-state index contributed by atoms with van der Waals surface area (Å²) >= 11 is 5.99. The van der Waals surface area contributed by atoms with Crippen molar-refractivity contribution in [1.29, 1.82) is 0 Å². The third kappa shape index (κ3) is 5.82. The fourth-order valence-electron chi connectivity index (χ4n) is 3.83. The predicted molar refractivity (Wildman–Crippen MR) is 127 cm³/mol. The highest BCUT2D eigenvalue weighted by Crippen LogP contribution is 2.34. The molecule has 2 atom stereocenters. The Morgan fingerprint density at radius 3 is 2.46 bits per heavy atom. The van der Waals surface area contributed by atoms with Crippen molar-refractivity contribution < 1.29 is 32.2 Å². The number of carboxylic acid groups (broad SMARTS) is 1. The van der Waals surface area contributed by atoms with Crippen LogP contribution in [0.2, 0.25) is 5.02 Å². The highest BCUT2D eigenvalue weighted by atomic mass is 35.5. The number of rotatable bonds is 8. The van der Waals surface area contributed by atoms with Crippen LogP contribution in [-0.4, -0.2) is 31.6 Å². The lowest BCUT2D eigenvalue weighted by Crippen LogP contribution is -2.59. The van der Waals surface area contributed by atoms with Crippen LogP contribution >= 0.6 is 11.6 Å². The van der Waals surface area contributed by atoms with Gasteiger partial charge >= 0.3 is 5.97 Å². The van der Waals surface area contributed by atoms with Crippen LogP contribution in [0, 0.1) is 5.82 Å². The van der Waals surface area contributed by atoms with E-state index in [-0.39, 0.29) is 35.7 Å². The van der Waals surface area contributed by atoms with E-state index in [4.69, 9.17) is 21.1 Å². The molecule has 4 rings (SSSR count). The van der Waals surface area contributed by atoms with Crippen LogP contribution in [0.3, 0.4) is 0 Å². The van der Waals surface area contributed by atoms with Gasteiger partial charge in [-0.2, -0.15) is 4.72 Å². The minimum absolute atomic E-state index is 0.0610. The van der Waals surface area contributed by atoms with Gasteiger partial charge in [0.15, 0.2) is 5.54 Å². The smallest absolute Gasteiger partial charge is 0.327 e. The number of hydrogen-bond donors (Lipinski definition) is 2. The van der Waals surface area contributed by atoms with E-state index < -0.39 is 27.3 Å². The van der Waals surface area contributed by atoms with E-state index in [9.17, 15) is 22.7 Å². The van der Waals surface area contributed by atoms with Crippen LogP contribution in [0.5, 0.6) is 5.75 Å². The monoisotopic (exact) mass is 519 g/mol. The molecule has 0 aliphatic carbocycles. The number of hydrogen-bond acceptors (Lipinski definition) is 5. The van der Waals surface area contributed by atoms with Gasteiger partial charge in [0.2, 0.25) is 10.0 Å². The van der Waals surface area contributed by atoms with Gasteiger partial charge in [0, 0.05) is 5.56 Å². The summed E-state index contributed by atoms with van der Waals surface area (Å²) in [6, 6.07) is 18.8. The summed E-state index contributed by atoms with van der Waals surface area (Å²) in [4.78, 5) is 12.0. The Bertz CT molecular complexity index is 1290. The third-order valence-corrected chi connectivity index (χ3v) is 7.72. The number of carbonyl (C=O) groups is 1. The highest BCUT2D eigenvalue weighted by molar-refractivity contribution is 7.89. The van der Waals surface area contributed by atoms with Crippen molar-refractivity contribution in [2.75, 3.05) is 6.61 Å². The van der Waals surface area contributed by atoms with Gasteiger partial charge in [0.1, 0.15) is 18.2 Å². The summed E-state index contributed by atoms with van der Waals surface area (Å²) in [6.07, 6.45) is 0.109. The molecule has 1 aliphatic heterocycles. The highest BCUT2D eigenvalue weighted by Gasteiger charge is 2.46. The van der Waals surface area contributed by atoms with Crippen LogP contribution in [0.1, 0.15) is 30.1 Å². The van der Waals surface area contributed by atoms with Gasteiger partial charge < -0.3 is 14.6 Å². The molecule has 0 aromatic heterocycles. The number of aliphatic carboxylic acids is 1. The molecule has 1 heterocycles. The van der Waals surface area contributed by atoms with Crippen molar-refractivity contribution in [3.8, 4) is 5.75 Å². The van der Waals surface area contributed by atoms with Gasteiger partial charge in [-0.15, -0.1) is 0 Å². The Labute approximate surface area is 207 Å². The van der Waals surface area contributed by atoms with E-state index in [0.717, 1.165) is 5.56 Å². The topological polar surface area (TPSA) is 102 Å². The number of ether oxygens (including phenoxy) is 2. The first-order valence-corrected chi connectivity index (χ1v) is 12.7. The first kappa shape index (κ1) is 25.1. The molecule has 3 aromatic carbocycles. The number of sulfonamides is 1. The maximum Gasteiger partial charge on any atom is 0.327 e. The Morgan fingerprint density at radius 2 is 1.86 bits per heavy atom. The van der Waals surface area contributed by atoms with Gasteiger partial charge in [-0.1, -0.05) is 48.0 Å². The summed E-state index contributed by atoms with van der Waals surface area (Å²) in [5, 5.41) is 10.1. The molecular weight excluding hydrogens is 497 g/mol. The van der Waals surface area contributed by atoms with Gasteiger partial charge in [-0.25, -0.2) is 12.8 Å². The predicted octanol–water partition coefficient (Wildman–Crippen LogP) is 4.71. The molecule has 0 radical (unpaired) electrons. The second kappa shape index (κ2) is 10.3. The van der Waals surface area contributed by atoms with Crippen LogP contribution in [0.25, 0.3) is 0 Å². The summed E-state index contributed by atoms with van der Waals surface area (Å²) < 4.78 is 52.9. The molecule has 0 saturated carbocycles. The first-order valence-electron chi connectivity index (χ1n) is 10.8. The van der Waals surface area contributed by atoms with Crippen molar-refractivity contribution >= 4 is 27.6 Å². The standard InChI is InChI=1S/C25H23ClFNO6S/c26-22-14-19(27)7-6-18(22)15-33-20-8-10-21(11-9-20)35(31,32)28-25(24(29)30)13-12-23(34-16-25)17-4-2-1-3-5-17/h1-11,14,23,28H,12-13,15-16H2,(H,29,30). The van der Waals surface area contributed by atoms with Crippen LogP contribution in [0.4, 0.5) is 4.39 Å². The van der Waals surface area contributed by atoms with Gasteiger partial charge in [-0.05, 0) is 54.8 Å². The SMILES string of the molecule is O=C(O)C1(NS(=O)(=O)c2ccc(OCc3ccc(F)cc3Cl)cc2)CCC(c2ccccc2)OC1. The minimum Gasteiger partial charge on any atom is -0.489 e. The second-order valence-corrected chi connectivity index (χ2v) is 10.3. The third-order valence-electron chi connectivity index (χ3n) is 5.82. The Hall–Kier alpha value is -2.98. The number of nitrogens with one attached hydrogen (secondary N) is 1. The largest absolute Gasteiger partial charge is 0.489 e.